The molecule has 0 spiro atoms. The number of guanidine groups is 1. The van der Waals surface area contributed by atoms with Gasteiger partial charge < -0.3 is 21.1 Å². The van der Waals surface area contributed by atoms with E-state index in [0.29, 0.717) is 30.9 Å². The molecule has 2 atom stereocenters. The average Bonchev–Trinajstić information content (AvgIpc) is 2.65. The fraction of sp³-hybridized carbons (Fsp3) is 0.579. The predicted molar refractivity (Wildman–Crippen MR) is 117 cm³/mol. The van der Waals surface area contributed by atoms with Crippen LogP contribution in [0.5, 0.6) is 5.75 Å². The molecule has 0 radical (unpaired) electrons. The maximum atomic E-state index is 13.0. The highest BCUT2D eigenvalue weighted by Gasteiger charge is 2.42. The van der Waals surface area contributed by atoms with Crippen LogP contribution >= 0.6 is 24.0 Å². The first-order valence-corrected chi connectivity index (χ1v) is 9.48. The van der Waals surface area contributed by atoms with Crippen LogP contribution in [0.1, 0.15) is 43.0 Å². The molecule has 1 fully saturated rings. The fourth-order valence-electron chi connectivity index (χ4n) is 3.18. The van der Waals surface area contributed by atoms with E-state index >= 15 is 0 Å². The van der Waals surface area contributed by atoms with Crippen molar-refractivity contribution in [3.63, 3.8) is 0 Å². The fourth-order valence-corrected chi connectivity index (χ4v) is 3.18. The standard InChI is InChI=1S/C19H27F3N4O2.HI/c1-2-23-18(26-15-5-3-4-14(12-15)19(20,21)22)25-11-10-24-17(28)13-6-8-16(27)9-7-13;/h6-9,14-15,27H,2-5,10-12H2,1H3,(H,24,28)(H2,23,25,26);1H. The zero-order chi connectivity index (χ0) is 20.6. The van der Waals surface area contributed by atoms with Crippen LogP contribution in [0.25, 0.3) is 0 Å². The highest BCUT2D eigenvalue weighted by molar-refractivity contribution is 14.0. The van der Waals surface area contributed by atoms with Crippen molar-refractivity contribution in [2.45, 2.75) is 44.8 Å². The van der Waals surface area contributed by atoms with E-state index in [1.165, 1.54) is 24.3 Å². The number of carbonyl (C=O) groups is 1. The molecule has 2 unspecified atom stereocenters. The Hall–Kier alpha value is -1.72. The van der Waals surface area contributed by atoms with Crippen LogP contribution in [-0.2, 0) is 0 Å². The van der Waals surface area contributed by atoms with Crippen molar-refractivity contribution in [3.05, 3.63) is 29.8 Å². The van der Waals surface area contributed by atoms with Gasteiger partial charge in [0.15, 0.2) is 5.96 Å². The Bertz CT molecular complexity index is 668. The zero-order valence-corrected chi connectivity index (χ0v) is 18.6. The van der Waals surface area contributed by atoms with E-state index in [-0.39, 0.29) is 67.6 Å². The summed E-state index contributed by atoms with van der Waals surface area (Å²) in [6.07, 6.45) is -2.73. The van der Waals surface area contributed by atoms with Crippen molar-refractivity contribution in [1.29, 1.82) is 0 Å². The first kappa shape index (κ1) is 25.3. The number of halogens is 4. The summed E-state index contributed by atoms with van der Waals surface area (Å²) < 4.78 is 38.9. The largest absolute Gasteiger partial charge is 0.508 e. The molecule has 1 amide bonds. The molecule has 1 aliphatic carbocycles. The van der Waals surface area contributed by atoms with Crippen LogP contribution in [0.3, 0.4) is 0 Å². The van der Waals surface area contributed by atoms with Gasteiger partial charge in [-0.2, -0.15) is 13.2 Å². The second kappa shape index (κ2) is 12.1. The Labute approximate surface area is 185 Å². The molecule has 1 aromatic rings. The molecule has 10 heteroatoms. The maximum Gasteiger partial charge on any atom is 0.391 e. The van der Waals surface area contributed by atoms with Gasteiger partial charge in [-0.1, -0.05) is 6.42 Å². The SMILES string of the molecule is CCNC(=NCCNC(=O)c1ccc(O)cc1)NC1CCCC(C(F)(F)F)C1.I. The number of rotatable bonds is 6. The summed E-state index contributed by atoms with van der Waals surface area (Å²) in [4.78, 5) is 16.3. The number of amides is 1. The van der Waals surface area contributed by atoms with Crippen molar-refractivity contribution in [2.24, 2.45) is 10.9 Å². The van der Waals surface area contributed by atoms with E-state index in [0.717, 1.165) is 0 Å². The first-order chi connectivity index (χ1) is 13.3. The topological polar surface area (TPSA) is 85.8 Å². The number of hydrogen-bond acceptors (Lipinski definition) is 3. The van der Waals surface area contributed by atoms with Crippen LogP contribution < -0.4 is 16.0 Å². The monoisotopic (exact) mass is 528 g/mol. The Kier molecular flexibility index (Phi) is 10.5. The number of alkyl halides is 3. The number of aliphatic imine (C=N–C) groups is 1. The third-order valence-electron chi connectivity index (χ3n) is 4.62. The number of nitrogens with one attached hydrogen (secondary N) is 3. The average molecular weight is 528 g/mol. The minimum absolute atomic E-state index is 0. The summed E-state index contributed by atoms with van der Waals surface area (Å²) in [6, 6.07) is 5.61. The smallest absolute Gasteiger partial charge is 0.391 e. The van der Waals surface area contributed by atoms with Gasteiger partial charge in [0.1, 0.15) is 5.75 Å². The van der Waals surface area contributed by atoms with Gasteiger partial charge in [0.2, 0.25) is 0 Å². The van der Waals surface area contributed by atoms with E-state index in [1.54, 1.807) is 0 Å². The van der Waals surface area contributed by atoms with Crippen molar-refractivity contribution in [1.82, 2.24) is 16.0 Å². The molecule has 29 heavy (non-hydrogen) atoms. The highest BCUT2D eigenvalue weighted by Crippen LogP contribution is 2.37. The molecule has 0 heterocycles. The Morgan fingerprint density at radius 1 is 1.21 bits per heavy atom. The number of aromatic hydroxyl groups is 1. The lowest BCUT2D eigenvalue weighted by Crippen LogP contribution is -2.47. The molecular formula is C19H28F3IN4O2. The van der Waals surface area contributed by atoms with Gasteiger partial charge in [-0.05, 0) is 50.5 Å². The number of hydrogen-bond donors (Lipinski definition) is 4. The quantitative estimate of drug-likeness (QED) is 0.197. The molecule has 0 bridgehead atoms. The summed E-state index contributed by atoms with van der Waals surface area (Å²) in [5.74, 6) is -1.02. The third-order valence-corrected chi connectivity index (χ3v) is 4.62. The van der Waals surface area contributed by atoms with Gasteiger partial charge in [-0.15, -0.1) is 24.0 Å². The second-order valence-corrected chi connectivity index (χ2v) is 6.81. The summed E-state index contributed by atoms with van der Waals surface area (Å²) in [5, 5.41) is 18.1. The Balaban J connectivity index is 0.00000420. The molecule has 1 saturated carbocycles. The van der Waals surface area contributed by atoms with E-state index in [9.17, 15) is 23.1 Å². The molecule has 0 aromatic heterocycles. The van der Waals surface area contributed by atoms with Crippen LogP contribution in [0.15, 0.2) is 29.3 Å². The zero-order valence-electron chi connectivity index (χ0n) is 16.3. The normalized spacial score (nSPS) is 19.8. The van der Waals surface area contributed by atoms with Crippen LogP contribution in [0, 0.1) is 5.92 Å². The number of phenols is 1. The lowest BCUT2D eigenvalue weighted by atomic mass is 9.85. The maximum absolute atomic E-state index is 13.0. The number of carbonyl (C=O) groups excluding carboxylic acids is 1. The van der Waals surface area contributed by atoms with E-state index < -0.39 is 12.1 Å². The minimum atomic E-state index is -4.16. The number of benzene rings is 1. The van der Waals surface area contributed by atoms with Gasteiger partial charge in [0.05, 0.1) is 12.5 Å². The van der Waals surface area contributed by atoms with Crippen LogP contribution in [0.2, 0.25) is 0 Å². The van der Waals surface area contributed by atoms with E-state index in [4.69, 9.17) is 0 Å². The molecule has 0 saturated heterocycles. The minimum Gasteiger partial charge on any atom is -0.508 e. The molecule has 4 N–H and O–H groups in total. The van der Waals surface area contributed by atoms with Crippen LogP contribution in [-0.4, -0.2) is 48.8 Å². The summed E-state index contributed by atoms with van der Waals surface area (Å²) >= 11 is 0. The van der Waals surface area contributed by atoms with Gasteiger partial charge in [0, 0.05) is 24.7 Å². The predicted octanol–water partition coefficient (Wildman–Crippen LogP) is 3.42. The third kappa shape index (κ3) is 8.67. The molecule has 0 aliphatic heterocycles. The van der Waals surface area contributed by atoms with Crippen molar-refractivity contribution in [3.8, 4) is 5.75 Å². The van der Waals surface area contributed by atoms with Crippen LogP contribution in [0.4, 0.5) is 13.2 Å². The van der Waals surface area contributed by atoms with Crippen molar-refractivity contribution < 1.29 is 23.1 Å². The van der Waals surface area contributed by atoms with E-state index in [1.807, 2.05) is 6.92 Å². The van der Waals surface area contributed by atoms with Crippen molar-refractivity contribution in [2.75, 3.05) is 19.6 Å². The van der Waals surface area contributed by atoms with Gasteiger partial charge >= 0.3 is 6.18 Å². The lowest BCUT2D eigenvalue weighted by Gasteiger charge is -2.31. The van der Waals surface area contributed by atoms with Gasteiger partial charge in [0.25, 0.3) is 5.91 Å². The molecule has 1 aromatic carbocycles. The van der Waals surface area contributed by atoms with Gasteiger partial charge in [-0.25, -0.2) is 0 Å². The lowest BCUT2D eigenvalue weighted by molar-refractivity contribution is -0.183. The molecule has 1 aliphatic rings. The number of phenolic OH excluding ortho intramolecular Hbond substituents is 1. The summed E-state index contributed by atoms with van der Waals surface area (Å²) in [7, 11) is 0. The first-order valence-electron chi connectivity index (χ1n) is 9.48. The highest BCUT2D eigenvalue weighted by atomic mass is 127. The molecule has 164 valence electrons. The van der Waals surface area contributed by atoms with Gasteiger partial charge in [-0.3, -0.25) is 9.79 Å². The summed E-state index contributed by atoms with van der Waals surface area (Å²) in [6.45, 7) is 3.03. The Morgan fingerprint density at radius 2 is 1.90 bits per heavy atom. The van der Waals surface area contributed by atoms with Crippen molar-refractivity contribution >= 4 is 35.8 Å². The summed E-state index contributed by atoms with van der Waals surface area (Å²) in [5.41, 5.74) is 0.423. The second-order valence-electron chi connectivity index (χ2n) is 6.81. The molecule has 6 nitrogen and oxygen atoms in total. The Morgan fingerprint density at radius 3 is 2.52 bits per heavy atom. The molecular weight excluding hydrogens is 500 g/mol. The van der Waals surface area contributed by atoms with E-state index in [2.05, 4.69) is 20.9 Å². The molecule has 2 rings (SSSR count). The number of nitrogens with zero attached hydrogens (tertiary/aromatic N) is 1.